The third-order valence-electron chi connectivity index (χ3n) is 7.19. The smallest absolute Gasteiger partial charge is 0.260 e. The number of para-hydroxylation sites is 1. The first-order valence-corrected chi connectivity index (χ1v) is 12.0. The largest absolute Gasteiger partial charge is 0.487 e. The van der Waals surface area contributed by atoms with Gasteiger partial charge in [0.1, 0.15) is 12.4 Å². The summed E-state index contributed by atoms with van der Waals surface area (Å²) in [5.74, 6) is 1.01. The topological polar surface area (TPSA) is 79.8 Å². The SMILES string of the molecule is COC(O)C(NCCc1ccc2c(c1)CO/C2=C1/C(=O)Nc2ccccc21)C1CCCCC1. The van der Waals surface area contributed by atoms with Crippen LogP contribution < -0.4 is 10.6 Å². The molecular formula is C27H32N2O4. The van der Waals surface area contributed by atoms with Gasteiger partial charge in [0.25, 0.3) is 5.91 Å². The summed E-state index contributed by atoms with van der Waals surface area (Å²) in [6.07, 6.45) is 6.09. The van der Waals surface area contributed by atoms with Crippen LogP contribution in [0.4, 0.5) is 5.69 Å². The highest BCUT2D eigenvalue weighted by Gasteiger charge is 2.32. The molecule has 1 amide bonds. The third kappa shape index (κ3) is 4.43. The van der Waals surface area contributed by atoms with Crippen molar-refractivity contribution in [3.05, 3.63) is 64.7 Å². The normalized spacial score (nSPS) is 21.8. The van der Waals surface area contributed by atoms with Crippen LogP contribution >= 0.6 is 0 Å². The zero-order valence-electron chi connectivity index (χ0n) is 19.1. The lowest BCUT2D eigenvalue weighted by atomic mass is 9.83. The van der Waals surface area contributed by atoms with E-state index >= 15 is 0 Å². The molecule has 2 aromatic carbocycles. The number of rotatable bonds is 7. The zero-order valence-corrected chi connectivity index (χ0v) is 19.1. The molecule has 0 radical (unpaired) electrons. The highest BCUT2D eigenvalue weighted by atomic mass is 16.6. The Morgan fingerprint density at radius 1 is 1.15 bits per heavy atom. The van der Waals surface area contributed by atoms with E-state index in [9.17, 15) is 9.90 Å². The number of aliphatic hydroxyl groups excluding tert-OH is 1. The Morgan fingerprint density at radius 2 is 1.97 bits per heavy atom. The van der Waals surface area contributed by atoms with E-state index in [0.717, 1.165) is 48.2 Å². The van der Waals surface area contributed by atoms with Gasteiger partial charge in [0.05, 0.1) is 11.6 Å². The molecule has 174 valence electrons. The Hall–Kier alpha value is -2.67. The van der Waals surface area contributed by atoms with Crippen LogP contribution in [-0.2, 0) is 27.3 Å². The number of fused-ring (bicyclic) bond motifs is 2. The van der Waals surface area contributed by atoms with Crippen LogP contribution in [0.25, 0.3) is 11.3 Å². The molecule has 3 aliphatic rings. The number of amides is 1. The minimum Gasteiger partial charge on any atom is -0.487 e. The van der Waals surface area contributed by atoms with E-state index in [2.05, 4.69) is 28.8 Å². The number of nitrogens with one attached hydrogen (secondary N) is 2. The van der Waals surface area contributed by atoms with E-state index < -0.39 is 6.29 Å². The van der Waals surface area contributed by atoms with Crippen molar-refractivity contribution in [2.75, 3.05) is 19.0 Å². The molecule has 2 aliphatic heterocycles. The van der Waals surface area contributed by atoms with E-state index in [0.29, 0.717) is 23.9 Å². The van der Waals surface area contributed by atoms with Crippen molar-refractivity contribution in [1.29, 1.82) is 0 Å². The molecule has 3 N–H and O–H groups in total. The van der Waals surface area contributed by atoms with Crippen molar-refractivity contribution in [2.24, 2.45) is 5.92 Å². The molecule has 6 heteroatoms. The molecule has 2 heterocycles. The van der Waals surface area contributed by atoms with Crippen LogP contribution in [0.2, 0.25) is 0 Å². The summed E-state index contributed by atoms with van der Waals surface area (Å²) >= 11 is 0. The molecule has 0 bridgehead atoms. The molecule has 5 rings (SSSR count). The summed E-state index contributed by atoms with van der Waals surface area (Å²) in [5.41, 5.74) is 5.64. The number of anilines is 1. The molecule has 0 aromatic heterocycles. The standard InChI is InChI=1S/C27H32N2O4/c1-32-27(31)24(18-7-3-2-4-8-18)28-14-13-17-11-12-20-19(15-17)16-33-25(20)23-21-9-5-6-10-22(21)29-26(23)30/h5-6,9-12,15,18,24,27-28,31H,2-4,7-8,13-14,16H2,1H3,(H,29,30)/b25-23+. The zero-order chi connectivity index (χ0) is 22.8. The van der Waals surface area contributed by atoms with Crippen molar-refractivity contribution in [3.63, 3.8) is 0 Å². The van der Waals surface area contributed by atoms with Crippen molar-refractivity contribution in [3.8, 4) is 0 Å². The first-order chi connectivity index (χ1) is 16.2. The van der Waals surface area contributed by atoms with E-state index in [1.54, 1.807) is 7.11 Å². The summed E-state index contributed by atoms with van der Waals surface area (Å²) in [7, 11) is 1.57. The van der Waals surface area contributed by atoms with Gasteiger partial charge in [-0.05, 0) is 43.4 Å². The second kappa shape index (κ2) is 9.67. The monoisotopic (exact) mass is 448 g/mol. The highest BCUT2D eigenvalue weighted by Crippen LogP contribution is 2.41. The fraction of sp³-hybridized carbons (Fsp3) is 0.444. The number of carbonyl (C=O) groups is 1. The molecule has 2 unspecified atom stereocenters. The molecule has 0 saturated heterocycles. The van der Waals surface area contributed by atoms with Gasteiger partial charge in [-0.15, -0.1) is 0 Å². The maximum Gasteiger partial charge on any atom is 0.260 e. The van der Waals surface area contributed by atoms with E-state index in [4.69, 9.17) is 9.47 Å². The van der Waals surface area contributed by atoms with Crippen LogP contribution in [0.3, 0.4) is 0 Å². The average Bonchev–Trinajstić information content (AvgIpc) is 3.41. The van der Waals surface area contributed by atoms with E-state index in [1.165, 1.54) is 24.8 Å². The maximum atomic E-state index is 12.6. The summed E-state index contributed by atoms with van der Waals surface area (Å²) in [6.45, 7) is 1.24. The number of carbonyl (C=O) groups excluding carboxylic acids is 1. The predicted octanol–water partition coefficient (Wildman–Crippen LogP) is 4.08. The van der Waals surface area contributed by atoms with Crippen molar-refractivity contribution in [2.45, 2.75) is 57.5 Å². The molecule has 1 fully saturated rings. The van der Waals surface area contributed by atoms with Crippen LogP contribution in [0.5, 0.6) is 0 Å². The van der Waals surface area contributed by atoms with Gasteiger partial charge in [0, 0.05) is 29.5 Å². The molecule has 1 aliphatic carbocycles. The summed E-state index contributed by atoms with van der Waals surface area (Å²) in [5, 5.41) is 16.9. The van der Waals surface area contributed by atoms with Crippen LogP contribution in [0.15, 0.2) is 42.5 Å². The Morgan fingerprint density at radius 3 is 2.79 bits per heavy atom. The van der Waals surface area contributed by atoms with Gasteiger partial charge in [-0.25, -0.2) is 0 Å². The minimum absolute atomic E-state index is 0.0367. The van der Waals surface area contributed by atoms with Crippen molar-refractivity contribution in [1.82, 2.24) is 5.32 Å². The Kier molecular flexibility index (Phi) is 6.49. The van der Waals surface area contributed by atoms with Crippen LogP contribution in [0, 0.1) is 5.92 Å². The molecule has 33 heavy (non-hydrogen) atoms. The first-order valence-electron chi connectivity index (χ1n) is 12.0. The minimum atomic E-state index is -0.781. The van der Waals surface area contributed by atoms with Gasteiger partial charge in [-0.1, -0.05) is 55.7 Å². The first kappa shape index (κ1) is 22.1. The van der Waals surface area contributed by atoms with Gasteiger partial charge in [0.15, 0.2) is 6.29 Å². The van der Waals surface area contributed by atoms with Crippen LogP contribution in [0.1, 0.15) is 54.4 Å². The summed E-state index contributed by atoms with van der Waals surface area (Å²) in [4.78, 5) is 12.6. The quantitative estimate of drug-likeness (QED) is 0.439. The second-order valence-corrected chi connectivity index (χ2v) is 9.24. The Labute approximate surface area is 195 Å². The molecule has 2 aromatic rings. The number of methoxy groups -OCH3 is 1. The molecule has 0 spiro atoms. The average molecular weight is 449 g/mol. The van der Waals surface area contributed by atoms with E-state index in [1.807, 2.05) is 24.3 Å². The summed E-state index contributed by atoms with van der Waals surface area (Å²) < 4.78 is 11.3. The second-order valence-electron chi connectivity index (χ2n) is 9.24. The predicted molar refractivity (Wildman–Crippen MR) is 128 cm³/mol. The van der Waals surface area contributed by atoms with Gasteiger partial charge < -0.3 is 25.2 Å². The molecular weight excluding hydrogens is 416 g/mol. The molecule has 1 saturated carbocycles. The van der Waals surface area contributed by atoms with Crippen LogP contribution in [-0.4, -0.2) is 37.0 Å². The highest BCUT2D eigenvalue weighted by molar-refractivity contribution is 6.36. The number of aliphatic hydroxyl groups is 1. The lowest BCUT2D eigenvalue weighted by molar-refractivity contribution is -0.111. The lowest BCUT2D eigenvalue weighted by Gasteiger charge is -2.33. The van der Waals surface area contributed by atoms with Gasteiger partial charge >= 0.3 is 0 Å². The lowest BCUT2D eigenvalue weighted by Crippen LogP contribution is -2.47. The third-order valence-corrected chi connectivity index (χ3v) is 7.19. The maximum absolute atomic E-state index is 12.6. The fourth-order valence-electron chi connectivity index (χ4n) is 5.44. The van der Waals surface area contributed by atoms with Crippen molar-refractivity contribution < 1.29 is 19.4 Å². The Balaban J connectivity index is 1.29. The Bertz CT molecular complexity index is 1060. The number of hydrogen-bond acceptors (Lipinski definition) is 5. The number of benzene rings is 2. The summed E-state index contributed by atoms with van der Waals surface area (Å²) in [6, 6.07) is 14.0. The van der Waals surface area contributed by atoms with Gasteiger partial charge in [-0.3, -0.25) is 4.79 Å². The molecule has 6 nitrogen and oxygen atoms in total. The van der Waals surface area contributed by atoms with Gasteiger partial charge in [0.2, 0.25) is 0 Å². The number of ether oxygens (including phenoxy) is 2. The van der Waals surface area contributed by atoms with Crippen molar-refractivity contribution >= 4 is 22.9 Å². The molecule has 2 atom stereocenters. The van der Waals surface area contributed by atoms with Gasteiger partial charge in [-0.2, -0.15) is 0 Å². The van der Waals surface area contributed by atoms with E-state index in [-0.39, 0.29) is 11.9 Å². The number of hydrogen-bond donors (Lipinski definition) is 3. The fourth-order valence-corrected chi connectivity index (χ4v) is 5.44.